The van der Waals surface area contributed by atoms with Crippen LogP contribution in [-0.4, -0.2) is 31.2 Å². The number of piperazine rings is 1. The van der Waals surface area contributed by atoms with Crippen LogP contribution in [0.3, 0.4) is 0 Å². The molecule has 0 saturated carbocycles. The van der Waals surface area contributed by atoms with E-state index < -0.39 is 17.6 Å². The number of carbonyl (C=O) groups is 1. The smallest absolute Gasteiger partial charge is 0.348 e. The number of fused-ring (bicyclic) bond motifs is 3. The molecule has 1 saturated heterocycles. The topological polar surface area (TPSA) is 44.4 Å². The summed E-state index contributed by atoms with van der Waals surface area (Å²) < 4.78 is 39.1. The van der Waals surface area contributed by atoms with Gasteiger partial charge in [-0.15, -0.1) is 0 Å². The highest BCUT2D eigenvalue weighted by molar-refractivity contribution is 6.03. The number of benzene rings is 1. The summed E-state index contributed by atoms with van der Waals surface area (Å²) in [5, 5.41) is 5.86. The molecule has 108 valence electrons. The molecule has 0 unspecified atom stereocenters. The van der Waals surface area contributed by atoms with Gasteiger partial charge in [-0.25, -0.2) is 0 Å². The van der Waals surface area contributed by atoms with Gasteiger partial charge in [-0.05, 0) is 19.1 Å². The van der Waals surface area contributed by atoms with Gasteiger partial charge in [-0.3, -0.25) is 4.79 Å². The van der Waals surface area contributed by atoms with Crippen LogP contribution in [0.25, 0.3) is 0 Å². The first-order valence-corrected chi connectivity index (χ1v) is 6.40. The third-order valence-corrected chi connectivity index (χ3v) is 3.79. The minimum absolute atomic E-state index is 0.0182. The maximum atomic E-state index is 13.0. The predicted molar refractivity (Wildman–Crippen MR) is 67.5 cm³/mol. The Labute approximate surface area is 113 Å². The van der Waals surface area contributed by atoms with Crippen molar-refractivity contribution in [3.8, 4) is 0 Å². The molecule has 1 fully saturated rings. The molecule has 4 nitrogen and oxygen atoms in total. The molecule has 2 aliphatic heterocycles. The average molecular weight is 285 g/mol. The van der Waals surface area contributed by atoms with E-state index in [2.05, 4.69) is 10.6 Å². The number of hydrogen-bond acceptors (Lipinski definition) is 3. The monoisotopic (exact) mass is 285 g/mol. The molecule has 2 aliphatic rings. The first-order valence-electron chi connectivity index (χ1n) is 6.40. The minimum atomic E-state index is -4.53. The van der Waals surface area contributed by atoms with Crippen molar-refractivity contribution in [3.05, 3.63) is 29.3 Å². The summed E-state index contributed by atoms with van der Waals surface area (Å²) in [6.45, 7) is 3.13. The molecule has 0 aromatic heterocycles. The fourth-order valence-corrected chi connectivity index (χ4v) is 2.87. The van der Waals surface area contributed by atoms with Gasteiger partial charge in [0.05, 0.1) is 16.8 Å². The lowest BCUT2D eigenvalue weighted by Crippen LogP contribution is -2.66. The number of amides is 1. The molecule has 7 heteroatoms. The fraction of sp³-hybridized carbons (Fsp3) is 0.462. The highest BCUT2D eigenvalue weighted by Crippen LogP contribution is 2.38. The molecule has 20 heavy (non-hydrogen) atoms. The van der Waals surface area contributed by atoms with E-state index in [1.165, 1.54) is 6.07 Å². The molecule has 2 N–H and O–H groups in total. The van der Waals surface area contributed by atoms with E-state index in [0.717, 1.165) is 6.07 Å². The zero-order chi connectivity index (χ0) is 14.5. The molecule has 2 heterocycles. The molecule has 2 atom stereocenters. The molecular formula is C13H14F3N3O. The number of nitrogens with one attached hydrogen (secondary N) is 2. The van der Waals surface area contributed by atoms with Crippen molar-refractivity contribution in [1.29, 1.82) is 0 Å². The summed E-state index contributed by atoms with van der Waals surface area (Å²) in [4.78, 5) is 13.9. The summed E-state index contributed by atoms with van der Waals surface area (Å²) in [6, 6.07) is 3.86. The van der Waals surface area contributed by atoms with Gasteiger partial charge in [0.2, 0.25) is 0 Å². The molecule has 1 amide bonds. The van der Waals surface area contributed by atoms with Crippen LogP contribution in [0.5, 0.6) is 0 Å². The van der Waals surface area contributed by atoms with E-state index >= 15 is 0 Å². The third-order valence-electron chi connectivity index (χ3n) is 3.79. The largest absolute Gasteiger partial charge is 0.417 e. The normalized spacial score (nSPS) is 25.8. The predicted octanol–water partition coefficient (Wildman–Crippen LogP) is 1.57. The molecular weight excluding hydrogens is 271 g/mol. The van der Waals surface area contributed by atoms with Crippen molar-refractivity contribution >= 4 is 11.6 Å². The second-order valence-corrected chi connectivity index (χ2v) is 5.05. The third kappa shape index (κ3) is 1.93. The first kappa shape index (κ1) is 13.2. The summed E-state index contributed by atoms with van der Waals surface area (Å²) >= 11 is 0. The number of nitrogens with zero attached hydrogens (tertiary/aromatic N) is 1. The van der Waals surface area contributed by atoms with Crippen molar-refractivity contribution in [1.82, 2.24) is 10.6 Å². The quantitative estimate of drug-likeness (QED) is 0.760. The second kappa shape index (κ2) is 4.37. The van der Waals surface area contributed by atoms with Gasteiger partial charge in [0.15, 0.2) is 0 Å². The molecule has 0 radical (unpaired) electrons. The van der Waals surface area contributed by atoms with Crippen LogP contribution in [0.2, 0.25) is 0 Å². The Morgan fingerprint density at radius 3 is 2.80 bits per heavy atom. The molecule has 1 aromatic carbocycles. The Balaban J connectivity index is 2.14. The van der Waals surface area contributed by atoms with Crippen molar-refractivity contribution in [2.24, 2.45) is 0 Å². The first-order chi connectivity index (χ1) is 9.39. The van der Waals surface area contributed by atoms with Crippen LogP contribution in [0, 0.1) is 0 Å². The Bertz CT molecular complexity index is 558. The van der Waals surface area contributed by atoms with Gasteiger partial charge in [0.25, 0.3) is 5.91 Å². The average Bonchev–Trinajstić information content (AvgIpc) is 2.39. The second-order valence-electron chi connectivity index (χ2n) is 5.05. The lowest BCUT2D eigenvalue weighted by Gasteiger charge is -2.46. The maximum Gasteiger partial charge on any atom is 0.417 e. The number of rotatable bonds is 0. The SMILES string of the molecule is C[C@@H]1NCCN2c3cccc(C(F)(F)F)c3C(=O)N[C@@H]12. The van der Waals surface area contributed by atoms with Gasteiger partial charge in [0, 0.05) is 19.1 Å². The highest BCUT2D eigenvalue weighted by atomic mass is 19.4. The molecule has 0 aliphatic carbocycles. The van der Waals surface area contributed by atoms with E-state index in [0.29, 0.717) is 18.8 Å². The Kier molecular flexibility index (Phi) is 2.89. The Hall–Kier alpha value is -1.76. The summed E-state index contributed by atoms with van der Waals surface area (Å²) in [6.07, 6.45) is -4.85. The van der Waals surface area contributed by atoms with Crippen LogP contribution >= 0.6 is 0 Å². The van der Waals surface area contributed by atoms with E-state index in [1.54, 1.807) is 6.07 Å². The lowest BCUT2D eigenvalue weighted by atomic mass is 9.97. The summed E-state index contributed by atoms with van der Waals surface area (Å²) in [5.41, 5.74) is -0.788. The number of anilines is 1. The van der Waals surface area contributed by atoms with Gasteiger partial charge in [-0.2, -0.15) is 13.2 Å². The fourth-order valence-electron chi connectivity index (χ4n) is 2.87. The molecule has 0 bridgehead atoms. The van der Waals surface area contributed by atoms with Gasteiger partial charge >= 0.3 is 6.18 Å². The van der Waals surface area contributed by atoms with Gasteiger partial charge < -0.3 is 15.5 Å². The zero-order valence-electron chi connectivity index (χ0n) is 10.8. The number of hydrogen-bond donors (Lipinski definition) is 2. The van der Waals surface area contributed by atoms with Crippen molar-refractivity contribution in [3.63, 3.8) is 0 Å². The van der Waals surface area contributed by atoms with Crippen molar-refractivity contribution in [2.75, 3.05) is 18.0 Å². The van der Waals surface area contributed by atoms with E-state index in [1.807, 2.05) is 11.8 Å². The molecule has 3 rings (SSSR count). The van der Waals surface area contributed by atoms with Crippen LogP contribution in [0.1, 0.15) is 22.8 Å². The zero-order valence-corrected chi connectivity index (χ0v) is 10.8. The van der Waals surface area contributed by atoms with Crippen molar-refractivity contribution in [2.45, 2.75) is 25.3 Å². The van der Waals surface area contributed by atoms with Gasteiger partial charge in [0.1, 0.15) is 6.17 Å². The minimum Gasteiger partial charge on any atom is -0.348 e. The number of carbonyl (C=O) groups excluding carboxylic acids is 1. The highest BCUT2D eigenvalue weighted by Gasteiger charge is 2.42. The molecule has 0 spiro atoms. The van der Waals surface area contributed by atoms with E-state index in [-0.39, 0.29) is 17.8 Å². The van der Waals surface area contributed by atoms with Crippen LogP contribution in [0.4, 0.5) is 18.9 Å². The standard InChI is InChI=1S/C13H14F3N3O/c1-7-11-18-12(20)10-8(13(14,15)16)3-2-4-9(10)19(11)6-5-17-7/h2-4,7,11,17H,5-6H2,1H3,(H,18,20)/t7-,11+/m0/s1. The van der Waals surface area contributed by atoms with E-state index in [4.69, 9.17) is 0 Å². The van der Waals surface area contributed by atoms with Gasteiger partial charge in [-0.1, -0.05) is 6.07 Å². The maximum absolute atomic E-state index is 13.0. The summed E-state index contributed by atoms with van der Waals surface area (Å²) in [5.74, 6) is -0.662. The lowest BCUT2D eigenvalue weighted by molar-refractivity contribution is -0.138. The number of halogens is 3. The van der Waals surface area contributed by atoms with Crippen molar-refractivity contribution < 1.29 is 18.0 Å². The Morgan fingerprint density at radius 2 is 2.10 bits per heavy atom. The van der Waals surface area contributed by atoms with Crippen LogP contribution in [-0.2, 0) is 6.18 Å². The van der Waals surface area contributed by atoms with E-state index in [9.17, 15) is 18.0 Å². The molecule has 1 aromatic rings. The number of alkyl halides is 3. The van der Waals surface area contributed by atoms with Crippen LogP contribution < -0.4 is 15.5 Å². The van der Waals surface area contributed by atoms with Crippen LogP contribution in [0.15, 0.2) is 18.2 Å². The summed E-state index contributed by atoms with van der Waals surface area (Å²) in [7, 11) is 0. The Morgan fingerprint density at radius 1 is 1.35 bits per heavy atom.